The topological polar surface area (TPSA) is 41.6 Å². The van der Waals surface area contributed by atoms with Gasteiger partial charge in [-0.15, -0.1) is 0 Å². The van der Waals surface area contributed by atoms with E-state index in [-0.39, 0.29) is 5.82 Å². The lowest BCUT2D eigenvalue weighted by Gasteiger charge is -2.08. The predicted octanol–water partition coefficient (Wildman–Crippen LogP) is 2.50. The van der Waals surface area contributed by atoms with Crippen molar-refractivity contribution in [1.29, 1.82) is 5.26 Å². The summed E-state index contributed by atoms with van der Waals surface area (Å²) in [6.07, 6.45) is 4.36. The van der Waals surface area contributed by atoms with Gasteiger partial charge in [-0.2, -0.15) is 5.26 Å². The van der Waals surface area contributed by atoms with E-state index in [1.165, 1.54) is 18.2 Å². The van der Waals surface area contributed by atoms with Crippen LogP contribution < -0.4 is 0 Å². The number of hydrogen-bond donors (Lipinski definition) is 0. The molecule has 0 aliphatic heterocycles. The molecule has 0 spiro atoms. The summed E-state index contributed by atoms with van der Waals surface area (Å²) in [5.74, 6) is 0.607. The highest BCUT2D eigenvalue weighted by molar-refractivity contribution is 5.38. The third-order valence-electron chi connectivity index (χ3n) is 2.65. The summed E-state index contributed by atoms with van der Waals surface area (Å²) in [5, 5.41) is 8.97. The van der Waals surface area contributed by atoms with Crippen molar-refractivity contribution in [2.75, 3.05) is 0 Å². The van der Waals surface area contributed by atoms with E-state index in [1.807, 2.05) is 17.7 Å². The van der Waals surface area contributed by atoms with Crippen LogP contribution in [0.2, 0.25) is 0 Å². The molecule has 0 radical (unpaired) electrons. The van der Waals surface area contributed by atoms with E-state index in [2.05, 4.69) is 11.1 Å². The Bertz CT molecular complexity index is 566. The summed E-state index contributed by atoms with van der Waals surface area (Å²) < 4.78 is 15.1. The molecule has 3 nitrogen and oxygen atoms in total. The smallest absolute Gasteiger partial charge is 0.123 e. The number of nitriles is 1. The SMILES string of the molecule is CCc1nccn1Cc1cc(F)ccc1C#N. The fraction of sp³-hybridized carbons (Fsp3) is 0.231. The van der Waals surface area contributed by atoms with Crippen molar-refractivity contribution < 1.29 is 4.39 Å². The minimum atomic E-state index is -0.322. The van der Waals surface area contributed by atoms with Crippen LogP contribution in [-0.4, -0.2) is 9.55 Å². The van der Waals surface area contributed by atoms with Gasteiger partial charge in [0.1, 0.15) is 11.6 Å². The molecule has 0 fully saturated rings. The number of aryl methyl sites for hydroxylation is 1. The zero-order valence-electron chi connectivity index (χ0n) is 9.52. The van der Waals surface area contributed by atoms with Crippen LogP contribution in [-0.2, 0) is 13.0 Å². The Morgan fingerprint density at radius 2 is 2.29 bits per heavy atom. The van der Waals surface area contributed by atoms with Crippen LogP contribution in [0.4, 0.5) is 4.39 Å². The van der Waals surface area contributed by atoms with E-state index in [1.54, 1.807) is 6.20 Å². The zero-order chi connectivity index (χ0) is 12.3. The first-order valence-corrected chi connectivity index (χ1v) is 5.43. The quantitative estimate of drug-likeness (QED) is 0.811. The second kappa shape index (κ2) is 4.79. The Morgan fingerprint density at radius 1 is 1.47 bits per heavy atom. The van der Waals surface area contributed by atoms with Gasteiger partial charge in [0.25, 0.3) is 0 Å². The minimum Gasteiger partial charge on any atom is -0.330 e. The van der Waals surface area contributed by atoms with Gasteiger partial charge in [0.15, 0.2) is 0 Å². The number of rotatable bonds is 3. The van der Waals surface area contributed by atoms with Gasteiger partial charge in [-0.1, -0.05) is 6.92 Å². The first kappa shape index (κ1) is 11.3. The maximum atomic E-state index is 13.2. The number of imidazole rings is 1. The summed E-state index contributed by atoms with van der Waals surface area (Å²) in [4.78, 5) is 4.20. The molecule has 2 aromatic rings. The van der Waals surface area contributed by atoms with E-state index >= 15 is 0 Å². The molecular weight excluding hydrogens is 217 g/mol. The van der Waals surface area contributed by atoms with Crippen LogP contribution in [0.1, 0.15) is 23.9 Å². The van der Waals surface area contributed by atoms with Gasteiger partial charge >= 0.3 is 0 Å². The maximum Gasteiger partial charge on any atom is 0.123 e. The van der Waals surface area contributed by atoms with E-state index in [0.717, 1.165) is 12.2 Å². The highest BCUT2D eigenvalue weighted by Gasteiger charge is 2.07. The first-order chi connectivity index (χ1) is 8.24. The second-order valence-electron chi connectivity index (χ2n) is 3.74. The monoisotopic (exact) mass is 229 g/mol. The van der Waals surface area contributed by atoms with Crippen LogP contribution in [0.25, 0.3) is 0 Å². The fourth-order valence-electron chi connectivity index (χ4n) is 1.78. The van der Waals surface area contributed by atoms with Crippen molar-refractivity contribution in [3.05, 3.63) is 53.4 Å². The van der Waals surface area contributed by atoms with E-state index in [9.17, 15) is 4.39 Å². The Kier molecular flexibility index (Phi) is 3.20. The molecule has 0 bridgehead atoms. The van der Waals surface area contributed by atoms with Gasteiger partial charge in [0.2, 0.25) is 0 Å². The van der Waals surface area contributed by atoms with Gasteiger partial charge in [-0.3, -0.25) is 0 Å². The van der Waals surface area contributed by atoms with Crippen LogP contribution in [0.3, 0.4) is 0 Å². The summed E-state index contributed by atoms with van der Waals surface area (Å²) in [5.41, 5.74) is 1.18. The van der Waals surface area contributed by atoms with Gasteiger partial charge in [-0.05, 0) is 23.8 Å². The third kappa shape index (κ3) is 2.34. The van der Waals surface area contributed by atoms with E-state index in [4.69, 9.17) is 5.26 Å². The Morgan fingerprint density at radius 3 is 3.00 bits per heavy atom. The summed E-state index contributed by atoms with van der Waals surface area (Å²) in [6.45, 7) is 2.49. The van der Waals surface area contributed by atoms with Crippen LogP contribution in [0, 0.1) is 17.1 Å². The number of aromatic nitrogens is 2. The lowest BCUT2D eigenvalue weighted by atomic mass is 10.1. The number of benzene rings is 1. The highest BCUT2D eigenvalue weighted by atomic mass is 19.1. The molecule has 0 unspecified atom stereocenters. The minimum absolute atomic E-state index is 0.322. The van der Waals surface area contributed by atoms with Crippen molar-refractivity contribution >= 4 is 0 Å². The van der Waals surface area contributed by atoms with Gasteiger partial charge in [0, 0.05) is 18.8 Å². The Labute approximate surface area is 99.1 Å². The molecule has 0 aliphatic carbocycles. The maximum absolute atomic E-state index is 13.2. The summed E-state index contributed by atoms with van der Waals surface area (Å²) >= 11 is 0. The lowest BCUT2D eigenvalue weighted by Crippen LogP contribution is -2.05. The molecule has 0 amide bonds. The van der Waals surface area contributed by atoms with Crippen molar-refractivity contribution in [3.8, 4) is 6.07 Å². The van der Waals surface area contributed by atoms with Crippen molar-refractivity contribution in [1.82, 2.24) is 9.55 Å². The first-order valence-electron chi connectivity index (χ1n) is 5.43. The van der Waals surface area contributed by atoms with Gasteiger partial charge < -0.3 is 4.57 Å². The molecule has 0 saturated carbocycles. The van der Waals surface area contributed by atoms with Crippen molar-refractivity contribution in [3.63, 3.8) is 0 Å². The molecule has 0 N–H and O–H groups in total. The number of nitrogens with zero attached hydrogens (tertiary/aromatic N) is 3. The molecule has 2 rings (SSSR count). The standard InChI is InChI=1S/C13H12FN3/c1-2-13-16-5-6-17(13)9-11-7-12(14)4-3-10(11)8-15/h3-7H,2,9H2,1H3. The number of halogens is 1. The molecule has 86 valence electrons. The van der Waals surface area contributed by atoms with Crippen LogP contribution >= 0.6 is 0 Å². The molecule has 17 heavy (non-hydrogen) atoms. The average molecular weight is 229 g/mol. The summed E-state index contributed by atoms with van der Waals surface area (Å²) in [7, 11) is 0. The number of hydrogen-bond acceptors (Lipinski definition) is 2. The molecule has 0 aliphatic rings. The van der Waals surface area contributed by atoms with E-state index in [0.29, 0.717) is 17.7 Å². The Balaban J connectivity index is 2.36. The molecular formula is C13H12FN3. The third-order valence-corrected chi connectivity index (χ3v) is 2.65. The van der Waals surface area contributed by atoms with Crippen molar-refractivity contribution in [2.24, 2.45) is 0 Å². The molecule has 0 saturated heterocycles. The summed E-state index contributed by atoms with van der Waals surface area (Å²) in [6, 6.07) is 6.28. The largest absolute Gasteiger partial charge is 0.330 e. The molecule has 1 aromatic heterocycles. The molecule has 0 atom stereocenters. The predicted molar refractivity (Wildman–Crippen MR) is 61.8 cm³/mol. The highest BCUT2D eigenvalue weighted by Crippen LogP contribution is 2.13. The normalized spacial score (nSPS) is 10.2. The van der Waals surface area contributed by atoms with Gasteiger partial charge in [0.05, 0.1) is 18.2 Å². The van der Waals surface area contributed by atoms with E-state index < -0.39 is 0 Å². The fourth-order valence-corrected chi connectivity index (χ4v) is 1.78. The molecule has 1 aromatic carbocycles. The van der Waals surface area contributed by atoms with Gasteiger partial charge in [-0.25, -0.2) is 9.37 Å². The lowest BCUT2D eigenvalue weighted by molar-refractivity contribution is 0.622. The molecule has 1 heterocycles. The zero-order valence-corrected chi connectivity index (χ0v) is 9.52. The van der Waals surface area contributed by atoms with Crippen LogP contribution in [0.5, 0.6) is 0 Å². The van der Waals surface area contributed by atoms with Crippen molar-refractivity contribution in [2.45, 2.75) is 19.9 Å². The molecule has 4 heteroatoms. The second-order valence-corrected chi connectivity index (χ2v) is 3.74. The van der Waals surface area contributed by atoms with Crippen LogP contribution in [0.15, 0.2) is 30.6 Å². The average Bonchev–Trinajstić information content (AvgIpc) is 2.77. The Hall–Kier alpha value is -2.15.